The molecule has 0 amide bonds. The fraction of sp³-hybridized carbons (Fsp3) is 0.900. The maximum Gasteiger partial charge on any atom is 0.201 e. The second kappa shape index (κ2) is 4.91. The summed E-state index contributed by atoms with van der Waals surface area (Å²) in [6.07, 6.45) is 0.943. The van der Waals surface area contributed by atoms with Gasteiger partial charge in [-0.3, -0.25) is 4.79 Å². The van der Waals surface area contributed by atoms with E-state index in [4.69, 9.17) is 14.7 Å². The van der Waals surface area contributed by atoms with Gasteiger partial charge in [0, 0.05) is 63.5 Å². The molecule has 1 saturated heterocycles. The van der Waals surface area contributed by atoms with E-state index in [-0.39, 0.29) is 61.9 Å². The summed E-state index contributed by atoms with van der Waals surface area (Å²) in [4.78, 5) is 16.1. The summed E-state index contributed by atoms with van der Waals surface area (Å²) < 4.78 is 10.4. The minimum Gasteiger partial charge on any atom is -0.358 e. The molecule has 0 aromatic heterocycles. The Labute approximate surface area is 130 Å². The molecule has 1 radical (unpaired) electrons. The molecule has 2 rings (SSSR count). The first-order valence-electron chi connectivity index (χ1n) is 5.05. The van der Waals surface area contributed by atoms with Crippen molar-refractivity contribution < 1.29 is 68.5 Å². The molecule has 0 bridgehead atoms. The van der Waals surface area contributed by atoms with Crippen LogP contribution in [-0.2, 0) is 19.2 Å². The number of carbonyl (C=O) groups excluding carboxylic acids is 1. The normalized spacial score (nSPS) is 40.6. The molecule has 0 aromatic carbocycles. The zero-order chi connectivity index (χ0) is 11.3. The van der Waals surface area contributed by atoms with Gasteiger partial charge in [-0.15, -0.1) is 0 Å². The number of ketones is 1. The zero-order valence-corrected chi connectivity index (χ0v) is 14.5. The van der Waals surface area contributed by atoms with Crippen molar-refractivity contribution in [2.75, 3.05) is 7.11 Å². The minimum absolute atomic E-state index is 0. The standard InChI is InChI=1S/C10H16O5.Ac/c1-9-7(11)4-6(5-8(9)14-9)10(2,13-3)15-12;/h6,8,12H,4-5H2,1-3H3;/t6-,8?,9?,10?;/m1./s1. The van der Waals surface area contributed by atoms with Crippen LogP contribution in [0.25, 0.3) is 0 Å². The van der Waals surface area contributed by atoms with Crippen LogP contribution in [0.2, 0.25) is 0 Å². The number of ether oxygens (including phenoxy) is 2. The van der Waals surface area contributed by atoms with Crippen molar-refractivity contribution in [1.82, 2.24) is 0 Å². The van der Waals surface area contributed by atoms with E-state index in [2.05, 4.69) is 4.89 Å². The molecular formula is C10H16AcO5. The fourth-order valence-corrected chi connectivity index (χ4v) is 2.23. The second-order valence-corrected chi connectivity index (χ2v) is 4.58. The van der Waals surface area contributed by atoms with Crippen molar-refractivity contribution in [3.05, 3.63) is 0 Å². The number of hydrogen-bond acceptors (Lipinski definition) is 5. The molecule has 16 heavy (non-hydrogen) atoms. The third-order valence-corrected chi connectivity index (χ3v) is 3.76. The van der Waals surface area contributed by atoms with E-state index in [9.17, 15) is 4.79 Å². The van der Waals surface area contributed by atoms with Crippen molar-refractivity contribution in [2.45, 2.75) is 44.2 Å². The first kappa shape index (κ1) is 15.0. The second-order valence-electron chi connectivity index (χ2n) is 4.58. The van der Waals surface area contributed by atoms with E-state index < -0.39 is 11.4 Å². The van der Waals surface area contributed by atoms with Gasteiger partial charge in [0.25, 0.3) is 0 Å². The van der Waals surface area contributed by atoms with E-state index in [1.165, 1.54) is 7.11 Å². The molecular weight excluding hydrogens is 427 g/mol. The Balaban J connectivity index is 0.00000128. The first-order valence-corrected chi connectivity index (χ1v) is 5.05. The summed E-state index contributed by atoms with van der Waals surface area (Å²) in [6, 6.07) is 0. The molecule has 1 aliphatic carbocycles. The Morgan fingerprint density at radius 1 is 1.62 bits per heavy atom. The van der Waals surface area contributed by atoms with Crippen molar-refractivity contribution in [2.24, 2.45) is 5.92 Å². The van der Waals surface area contributed by atoms with Gasteiger partial charge in [0.05, 0.1) is 6.10 Å². The van der Waals surface area contributed by atoms with Gasteiger partial charge < -0.3 is 9.47 Å². The molecule has 5 nitrogen and oxygen atoms in total. The monoisotopic (exact) mass is 443 g/mol. The summed E-state index contributed by atoms with van der Waals surface area (Å²) in [5, 5.41) is 8.81. The number of carbonyl (C=O) groups is 1. The van der Waals surface area contributed by atoms with Crippen LogP contribution in [-0.4, -0.2) is 35.6 Å². The number of rotatable bonds is 3. The van der Waals surface area contributed by atoms with E-state index in [1.807, 2.05) is 0 Å². The Morgan fingerprint density at radius 3 is 2.69 bits per heavy atom. The van der Waals surface area contributed by atoms with Gasteiger partial charge in [0.2, 0.25) is 5.79 Å². The number of Topliss-reactive ketones (excluding diaryl/α,β-unsaturated/α-hetero) is 1. The van der Waals surface area contributed by atoms with E-state index in [0.29, 0.717) is 12.8 Å². The molecule has 0 spiro atoms. The van der Waals surface area contributed by atoms with Gasteiger partial charge >= 0.3 is 0 Å². The molecule has 1 aliphatic heterocycles. The van der Waals surface area contributed by atoms with Gasteiger partial charge in [-0.2, -0.15) is 0 Å². The quantitative estimate of drug-likeness (QED) is 0.305. The summed E-state index contributed by atoms with van der Waals surface area (Å²) in [7, 11) is 1.45. The SMILES string of the molecule is COC(C)(OO)[C@@H]1CC(=O)C2(C)OC2C1.[Ac]. The minimum atomic E-state index is -1.12. The summed E-state index contributed by atoms with van der Waals surface area (Å²) in [5.74, 6) is -1.23. The molecule has 2 aliphatic rings. The van der Waals surface area contributed by atoms with Crippen molar-refractivity contribution in [3.63, 3.8) is 0 Å². The maximum atomic E-state index is 11.7. The van der Waals surface area contributed by atoms with Gasteiger partial charge in [0.15, 0.2) is 5.78 Å². The topological polar surface area (TPSA) is 68.3 Å². The predicted molar refractivity (Wildman–Crippen MR) is 50.1 cm³/mol. The van der Waals surface area contributed by atoms with Gasteiger partial charge in [-0.25, -0.2) is 10.1 Å². The molecule has 0 aromatic rings. The van der Waals surface area contributed by atoms with Crippen molar-refractivity contribution in [1.29, 1.82) is 0 Å². The van der Waals surface area contributed by atoms with E-state index >= 15 is 0 Å². The van der Waals surface area contributed by atoms with Gasteiger partial charge in [-0.05, 0) is 20.3 Å². The molecule has 1 saturated carbocycles. The Bertz CT molecular complexity index is 291. The van der Waals surface area contributed by atoms with Crippen LogP contribution >= 0.6 is 0 Å². The van der Waals surface area contributed by atoms with Crippen LogP contribution < -0.4 is 0 Å². The van der Waals surface area contributed by atoms with Crippen LogP contribution in [0.15, 0.2) is 0 Å². The number of epoxide rings is 1. The number of hydrogen-bond donors (Lipinski definition) is 1. The van der Waals surface area contributed by atoms with E-state index in [0.717, 1.165) is 0 Å². The number of methoxy groups -OCH3 is 1. The van der Waals surface area contributed by atoms with Crippen LogP contribution in [0.4, 0.5) is 0 Å². The van der Waals surface area contributed by atoms with Crippen LogP contribution in [0.5, 0.6) is 0 Å². The molecule has 1 N–H and O–H groups in total. The first-order chi connectivity index (χ1) is 6.96. The molecule has 4 atom stereocenters. The van der Waals surface area contributed by atoms with E-state index in [1.54, 1.807) is 13.8 Å². The Morgan fingerprint density at radius 2 is 2.25 bits per heavy atom. The van der Waals surface area contributed by atoms with Gasteiger partial charge in [0.1, 0.15) is 5.60 Å². The molecule has 6 heteroatoms. The van der Waals surface area contributed by atoms with Crippen molar-refractivity contribution >= 4 is 5.78 Å². The molecule has 2 fully saturated rings. The third kappa shape index (κ3) is 2.25. The van der Waals surface area contributed by atoms with Crippen molar-refractivity contribution in [3.8, 4) is 0 Å². The fourth-order valence-electron chi connectivity index (χ4n) is 2.23. The summed E-state index contributed by atoms with van der Waals surface area (Å²) in [5.41, 5.74) is -0.583. The summed E-state index contributed by atoms with van der Waals surface area (Å²) >= 11 is 0. The average molecular weight is 443 g/mol. The molecule has 1 heterocycles. The third-order valence-electron chi connectivity index (χ3n) is 3.76. The predicted octanol–water partition coefficient (Wildman–Crippen LogP) is 0.975. The van der Waals surface area contributed by atoms with Crippen LogP contribution in [0.3, 0.4) is 0 Å². The number of fused-ring (bicyclic) bond motifs is 1. The largest absolute Gasteiger partial charge is 0.358 e. The molecule has 3 unspecified atom stereocenters. The van der Waals surface area contributed by atoms with Crippen LogP contribution in [0, 0.1) is 50.0 Å². The Kier molecular flexibility index (Phi) is 4.61. The Hall–Kier alpha value is 0.952. The van der Waals surface area contributed by atoms with Gasteiger partial charge in [-0.1, -0.05) is 0 Å². The zero-order valence-electron chi connectivity index (χ0n) is 9.73. The molecule has 89 valence electrons. The maximum absolute atomic E-state index is 11.7. The van der Waals surface area contributed by atoms with Crippen LogP contribution in [0.1, 0.15) is 26.7 Å². The summed E-state index contributed by atoms with van der Waals surface area (Å²) in [6.45, 7) is 3.43. The smallest absolute Gasteiger partial charge is 0.201 e. The average Bonchev–Trinajstić information content (AvgIpc) is 2.90.